The van der Waals surface area contributed by atoms with E-state index < -0.39 is 18.3 Å². The van der Waals surface area contributed by atoms with E-state index in [1.807, 2.05) is 0 Å². The Hall–Kier alpha value is -1.96. The highest BCUT2D eigenvalue weighted by Crippen LogP contribution is 2.30. The summed E-state index contributed by atoms with van der Waals surface area (Å²) in [5.41, 5.74) is 2.31. The van der Waals surface area contributed by atoms with Crippen molar-refractivity contribution in [3.05, 3.63) is 22.7 Å². The van der Waals surface area contributed by atoms with Gasteiger partial charge in [-0.1, -0.05) is 15.9 Å². The number of ether oxygens (including phenoxy) is 2. The number of phenols is 1. The number of aromatic hydroxyl groups is 1. The van der Waals surface area contributed by atoms with Crippen molar-refractivity contribution in [3.8, 4) is 5.75 Å². The molecule has 0 saturated heterocycles. The van der Waals surface area contributed by atoms with Crippen LogP contribution in [0.1, 0.15) is 27.7 Å². The van der Waals surface area contributed by atoms with Gasteiger partial charge in [0.1, 0.15) is 11.4 Å². The van der Waals surface area contributed by atoms with E-state index in [1.54, 1.807) is 33.8 Å². The molecule has 0 aromatic heterocycles. The maximum atomic E-state index is 12.1. The number of rotatable bonds is 3. The molecule has 1 aromatic rings. The Morgan fingerprint density at radius 2 is 1.77 bits per heavy atom. The molecule has 0 aliphatic carbocycles. The second-order valence-corrected chi connectivity index (χ2v) is 5.88. The lowest BCUT2D eigenvalue weighted by Crippen LogP contribution is -2.48. The normalized spacial score (nSPS) is 10.5. The van der Waals surface area contributed by atoms with Crippen LogP contribution in [0.2, 0.25) is 0 Å². The summed E-state index contributed by atoms with van der Waals surface area (Å²) in [5, 5.41) is 10.7. The van der Waals surface area contributed by atoms with Crippen molar-refractivity contribution in [3.63, 3.8) is 0 Å². The summed E-state index contributed by atoms with van der Waals surface area (Å²) in [4.78, 5) is 23.9. The quantitative estimate of drug-likeness (QED) is 0.789. The summed E-state index contributed by atoms with van der Waals surface area (Å²) in [7, 11) is 0. The van der Waals surface area contributed by atoms with Gasteiger partial charge in [0.15, 0.2) is 0 Å². The molecule has 0 unspecified atom stereocenters. The van der Waals surface area contributed by atoms with Crippen molar-refractivity contribution in [2.24, 2.45) is 0 Å². The van der Waals surface area contributed by atoms with E-state index in [1.165, 1.54) is 12.1 Å². The molecule has 0 aliphatic heterocycles. The van der Waals surface area contributed by atoms with Gasteiger partial charge in [-0.15, -0.1) is 0 Å². The van der Waals surface area contributed by atoms with Gasteiger partial charge in [-0.05, 0) is 45.9 Å². The molecule has 22 heavy (non-hydrogen) atoms. The molecular weight excluding hydrogens is 356 g/mol. The van der Waals surface area contributed by atoms with Crippen LogP contribution in [-0.4, -0.2) is 29.5 Å². The fourth-order valence-electron chi connectivity index (χ4n) is 1.47. The average molecular weight is 375 g/mol. The van der Waals surface area contributed by atoms with Crippen LogP contribution in [0.15, 0.2) is 22.7 Å². The van der Waals surface area contributed by atoms with Crippen LogP contribution in [0.25, 0.3) is 0 Å². The SMILES string of the molecule is CC(C)OC(=O)NN(C(=O)OC(C)C)c1cc(Br)ccc1O. The second-order valence-electron chi connectivity index (χ2n) is 4.97. The Kier molecular flexibility index (Phi) is 6.48. The van der Waals surface area contributed by atoms with E-state index in [9.17, 15) is 14.7 Å². The van der Waals surface area contributed by atoms with Gasteiger partial charge in [0, 0.05) is 4.47 Å². The van der Waals surface area contributed by atoms with Crippen molar-refractivity contribution >= 4 is 33.8 Å². The van der Waals surface area contributed by atoms with Crippen molar-refractivity contribution in [1.82, 2.24) is 5.43 Å². The van der Waals surface area contributed by atoms with Crippen molar-refractivity contribution in [2.45, 2.75) is 39.9 Å². The first-order chi connectivity index (χ1) is 10.2. The number of nitrogens with one attached hydrogen (secondary N) is 1. The van der Waals surface area contributed by atoms with Crippen molar-refractivity contribution in [2.75, 3.05) is 5.01 Å². The summed E-state index contributed by atoms with van der Waals surface area (Å²) in [6.45, 7) is 6.69. The van der Waals surface area contributed by atoms with Gasteiger partial charge in [0.25, 0.3) is 0 Å². The summed E-state index contributed by atoms with van der Waals surface area (Å²) in [6, 6.07) is 4.44. The molecule has 2 amide bonds. The summed E-state index contributed by atoms with van der Waals surface area (Å²) in [6.07, 6.45) is -2.44. The fraction of sp³-hybridized carbons (Fsp3) is 0.429. The number of nitrogens with zero attached hydrogens (tertiary/aromatic N) is 1. The van der Waals surface area contributed by atoms with E-state index in [-0.39, 0.29) is 17.5 Å². The molecule has 8 heteroatoms. The number of carbonyl (C=O) groups is 2. The van der Waals surface area contributed by atoms with Crippen LogP contribution in [-0.2, 0) is 9.47 Å². The number of hydrogen-bond donors (Lipinski definition) is 2. The van der Waals surface area contributed by atoms with Crippen LogP contribution in [0, 0.1) is 0 Å². The number of anilines is 1. The molecule has 0 bridgehead atoms. The van der Waals surface area contributed by atoms with Gasteiger partial charge in [-0.2, -0.15) is 5.01 Å². The van der Waals surface area contributed by atoms with Crippen LogP contribution in [0.5, 0.6) is 5.75 Å². The molecule has 0 radical (unpaired) electrons. The van der Waals surface area contributed by atoms with Gasteiger partial charge >= 0.3 is 12.2 Å². The number of benzene rings is 1. The number of halogens is 1. The lowest BCUT2D eigenvalue weighted by molar-refractivity contribution is 0.103. The van der Waals surface area contributed by atoms with Gasteiger partial charge in [0.2, 0.25) is 0 Å². The molecule has 1 rings (SSSR count). The Balaban J connectivity index is 3.07. The van der Waals surface area contributed by atoms with Gasteiger partial charge in [-0.3, -0.25) is 0 Å². The van der Waals surface area contributed by atoms with Gasteiger partial charge in [0.05, 0.1) is 12.2 Å². The van der Waals surface area contributed by atoms with E-state index in [2.05, 4.69) is 21.4 Å². The third-order valence-electron chi connectivity index (χ3n) is 2.24. The third kappa shape index (κ3) is 5.44. The highest BCUT2D eigenvalue weighted by Gasteiger charge is 2.25. The largest absolute Gasteiger partial charge is 0.506 e. The van der Waals surface area contributed by atoms with Crippen LogP contribution < -0.4 is 10.4 Å². The molecule has 122 valence electrons. The standard InChI is InChI=1S/C14H19BrN2O5/c1-8(2)21-13(19)16-17(14(20)22-9(3)4)11-7-10(15)5-6-12(11)18/h5-9,18H,1-4H3,(H,16,19). The molecule has 0 aliphatic rings. The fourth-order valence-corrected chi connectivity index (χ4v) is 1.81. The molecule has 7 nitrogen and oxygen atoms in total. The zero-order chi connectivity index (χ0) is 16.9. The lowest BCUT2D eigenvalue weighted by Gasteiger charge is -2.24. The van der Waals surface area contributed by atoms with Crippen molar-refractivity contribution < 1.29 is 24.2 Å². The monoisotopic (exact) mass is 374 g/mol. The maximum absolute atomic E-state index is 12.1. The molecule has 0 spiro atoms. The Labute approximate surface area is 137 Å². The van der Waals surface area contributed by atoms with Crippen LogP contribution >= 0.6 is 15.9 Å². The Morgan fingerprint density at radius 1 is 1.18 bits per heavy atom. The number of hydrogen-bond acceptors (Lipinski definition) is 5. The molecule has 0 fully saturated rings. The first kappa shape index (κ1) is 18.1. The summed E-state index contributed by atoms with van der Waals surface area (Å²) >= 11 is 3.24. The average Bonchev–Trinajstić information content (AvgIpc) is 2.37. The second kappa shape index (κ2) is 7.88. The predicted octanol–water partition coefficient (Wildman–Crippen LogP) is 3.56. The summed E-state index contributed by atoms with van der Waals surface area (Å²) in [5.74, 6) is -0.200. The number of phenolic OH excluding ortho intramolecular Hbond substituents is 1. The Morgan fingerprint density at radius 3 is 2.32 bits per heavy atom. The van der Waals surface area contributed by atoms with Crippen molar-refractivity contribution in [1.29, 1.82) is 0 Å². The smallest absolute Gasteiger partial charge is 0.433 e. The topological polar surface area (TPSA) is 88.1 Å². The Bertz CT molecular complexity index is 548. The molecular formula is C14H19BrN2O5. The highest BCUT2D eigenvalue weighted by molar-refractivity contribution is 9.10. The minimum absolute atomic E-state index is 0.0562. The zero-order valence-corrected chi connectivity index (χ0v) is 14.4. The predicted molar refractivity (Wildman–Crippen MR) is 84.7 cm³/mol. The van der Waals surface area contributed by atoms with E-state index in [4.69, 9.17) is 9.47 Å². The van der Waals surface area contributed by atoms with Gasteiger partial charge in [-0.25, -0.2) is 15.0 Å². The maximum Gasteiger partial charge on any atom is 0.433 e. The number of hydrazine groups is 1. The molecule has 0 saturated carbocycles. The summed E-state index contributed by atoms with van der Waals surface area (Å²) < 4.78 is 10.6. The lowest BCUT2D eigenvalue weighted by atomic mass is 10.3. The number of carbonyl (C=O) groups excluding carboxylic acids is 2. The minimum Gasteiger partial charge on any atom is -0.506 e. The highest BCUT2D eigenvalue weighted by atomic mass is 79.9. The minimum atomic E-state index is -0.843. The van der Waals surface area contributed by atoms with Gasteiger partial charge < -0.3 is 14.6 Å². The third-order valence-corrected chi connectivity index (χ3v) is 2.74. The van der Waals surface area contributed by atoms with Crippen LogP contribution in [0.4, 0.5) is 15.3 Å². The zero-order valence-electron chi connectivity index (χ0n) is 12.8. The first-order valence-electron chi connectivity index (χ1n) is 6.67. The van der Waals surface area contributed by atoms with E-state index in [0.29, 0.717) is 4.47 Å². The molecule has 2 N–H and O–H groups in total. The van der Waals surface area contributed by atoms with Crippen LogP contribution in [0.3, 0.4) is 0 Å². The molecule has 0 atom stereocenters. The first-order valence-corrected chi connectivity index (χ1v) is 7.46. The van der Waals surface area contributed by atoms with E-state index in [0.717, 1.165) is 5.01 Å². The van der Waals surface area contributed by atoms with E-state index >= 15 is 0 Å². The molecule has 0 heterocycles. The number of amides is 2. The molecule has 1 aromatic carbocycles.